The van der Waals surface area contributed by atoms with Gasteiger partial charge in [0, 0.05) is 31.0 Å². The maximum atomic E-state index is 12.2. The third-order valence-electron chi connectivity index (χ3n) is 3.88. The molecule has 1 amide bonds. The number of hydrogen-bond donors (Lipinski definition) is 2. The summed E-state index contributed by atoms with van der Waals surface area (Å²) < 4.78 is 0. The lowest BCUT2D eigenvalue weighted by Crippen LogP contribution is -2.13. The van der Waals surface area contributed by atoms with Crippen molar-refractivity contribution in [1.82, 2.24) is 10.2 Å². The molecule has 0 spiro atoms. The smallest absolute Gasteiger partial charge is 0.256 e. The van der Waals surface area contributed by atoms with Crippen molar-refractivity contribution in [3.63, 3.8) is 0 Å². The fourth-order valence-electron chi connectivity index (χ4n) is 2.35. The Bertz CT molecular complexity index is 872. The molecule has 6 nitrogen and oxygen atoms in total. The molecule has 0 aliphatic carbocycles. The average Bonchev–Trinajstić information content (AvgIpc) is 2.64. The zero-order chi connectivity index (χ0) is 18.5. The van der Waals surface area contributed by atoms with Gasteiger partial charge in [-0.15, -0.1) is 10.2 Å². The largest absolute Gasteiger partial charge is 0.378 e. The van der Waals surface area contributed by atoms with Crippen LogP contribution in [-0.4, -0.2) is 30.2 Å². The first-order chi connectivity index (χ1) is 12.5. The number of carbonyl (C=O) groups is 1. The van der Waals surface area contributed by atoms with Crippen molar-refractivity contribution >= 4 is 28.9 Å². The van der Waals surface area contributed by atoms with E-state index in [-0.39, 0.29) is 5.91 Å². The van der Waals surface area contributed by atoms with Gasteiger partial charge in [-0.05, 0) is 55.5 Å². The SMILES string of the molecule is Cc1ccc(C(=O)Nc2ccc(Nc3ccc(N(C)C)cc3)nn2)cc1. The highest BCUT2D eigenvalue weighted by molar-refractivity contribution is 6.03. The van der Waals surface area contributed by atoms with Crippen molar-refractivity contribution < 1.29 is 4.79 Å². The molecule has 3 aromatic rings. The molecular formula is C20H21N5O. The molecule has 2 aromatic carbocycles. The second-order valence-corrected chi connectivity index (χ2v) is 6.19. The van der Waals surface area contributed by atoms with Gasteiger partial charge >= 0.3 is 0 Å². The number of carbonyl (C=O) groups excluding carboxylic acids is 1. The van der Waals surface area contributed by atoms with Crippen molar-refractivity contribution in [3.05, 3.63) is 71.8 Å². The number of anilines is 4. The number of nitrogens with zero attached hydrogens (tertiary/aromatic N) is 3. The molecule has 0 aliphatic heterocycles. The lowest BCUT2D eigenvalue weighted by Gasteiger charge is -2.13. The van der Waals surface area contributed by atoms with Crippen LogP contribution in [0.15, 0.2) is 60.7 Å². The Labute approximate surface area is 152 Å². The van der Waals surface area contributed by atoms with Crippen LogP contribution >= 0.6 is 0 Å². The molecule has 0 saturated heterocycles. The van der Waals surface area contributed by atoms with Gasteiger partial charge < -0.3 is 15.5 Å². The number of nitrogens with one attached hydrogen (secondary N) is 2. The van der Waals surface area contributed by atoms with Crippen molar-refractivity contribution in [1.29, 1.82) is 0 Å². The van der Waals surface area contributed by atoms with Crippen LogP contribution in [0.25, 0.3) is 0 Å². The Balaban J connectivity index is 1.62. The maximum absolute atomic E-state index is 12.2. The van der Waals surface area contributed by atoms with Gasteiger partial charge in [-0.1, -0.05) is 17.7 Å². The normalized spacial score (nSPS) is 10.3. The van der Waals surface area contributed by atoms with E-state index in [4.69, 9.17) is 0 Å². The number of rotatable bonds is 5. The molecule has 0 unspecified atom stereocenters. The van der Waals surface area contributed by atoms with E-state index in [0.29, 0.717) is 17.2 Å². The minimum atomic E-state index is -0.209. The highest BCUT2D eigenvalue weighted by Crippen LogP contribution is 2.19. The summed E-state index contributed by atoms with van der Waals surface area (Å²) in [6, 6.07) is 18.8. The second-order valence-electron chi connectivity index (χ2n) is 6.19. The molecule has 3 rings (SSSR count). The maximum Gasteiger partial charge on any atom is 0.256 e. The Morgan fingerprint density at radius 1 is 0.846 bits per heavy atom. The minimum absolute atomic E-state index is 0.209. The summed E-state index contributed by atoms with van der Waals surface area (Å²) in [4.78, 5) is 14.2. The van der Waals surface area contributed by atoms with E-state index in [1.807, 2.05) is 62.3 Å². The van der Waals surface area contributed by atoms with Gasteiger partial charge in [0.1, 0.15) is 0 Å². The molecule has 0 atom stereocenters. The molecule has 0 fully saturated rings. The number of amides is 1. The van der Waals surface area contributed by atoms with Crippen LogP contribution in [0.1, 0.15) is 15.9 Å². The van der Waals surface area contributed by atoms with Crippen LogP contribution in [0.5, 0.6) is 0 Å². The van der Waals surface area contributed by atoms with Crippen LogP contribution in [0.4, 0.5) is 23.0 Å². The topological polar surface area (TPSA) is 70.2 Å². The Morgan fingerprint density at radius 2 is 1.46 bits per heavy atom. The molecule has 26 heavy (non-hydrogen) atoms. The third kappa shape index (κ3) is 4.36. The first-order valence-electron chi connectivity index (χ1n) is 8.27. The molecule has 1 heterocycles. The molecule has 6 heteroatoms. The summed E-state index contributed by atoms with van der Waals surface area (Å²) in [7, 11) is 4.00. The number of aromatic nitrogens is 2. The van der Waals surface area contributed by atoms with E-state index >= 15 is 0 Å². The van der Waals surface area contributed by atoms with Crippen molar-refractivity contribution in [2.75, 3.05) is 29.6 Å². The fourth-order valence-corrected chi connectivity index (χ4v) is 2.35. The van der Waals surface area contributed by atoms with Gasteiger partial charge in [0.25, 0.3) is 5.91 Å². The third-order valence-corrected chi connectivity index (χ3v) is 3.88. The Morgan fingerprint density at radius 3 is 2.04 bits per heavy atom. The standard InChI is InChI=1S/C20H21N5O/c1-14-4-6-15(7-5-14)20(26)22-19-13-12-18(23-24-19)21-16-8-10-17(11-9-16)25(2)3/h4-13H,1-3H3,(H,21,23)(H,22,24,26). The fraction of sp³-hybridized carbons (Fsp3) is 0.150. The molecule has 2 N–H and O–H groups in total. The molecule has 0 radical (unpaired) electrons. The average molecular weight is 347 g/mol. The summed E-state index contributed by atoms with van der Waals surface area (Å²) in [6.45, 7) is 1.98. The van der Waals surface area contributed by atoms with Crippen molar-refractivity contribution in [3.8, 4) is 0 Å². The summed E-state index contributed by atoms with van der Waals surface area (Å²) in [5, 5.41) is 14.1. The summed E-state index contributed by atoms with van der Waals surface area (Å²) >= 11 is 0. The summed E-state index contributed by atoms with van der Waals surface area (Å²) in [6.07, 6.45) is 0. The molecular weight excluding hydrogens is 326 g/mol. The van der Waals surface area contributed by atoms with E-state index < -0.39 is 0 Å². The molecule has 0 bridgehead atoms. The lowest BCUT2D eigenvalue weighted by atomic mass is 10.1. The van der Waals surface area contributed by atoms with Crippen LogP contribution < -0.4 is 15.5 Å². The number of aryl methyl sites for hydroxylation is 1. The first-order valence-corrected chi connectivity index (χ1v) is 8.27. The zero-order valence-corrected chi connectivity index (χ0v) is 15.0. The summed E-state index contributed by atoms with van der Waals surface area (Å²) in [5.74, 6) is 0.805. The Hall–Kier alpha value is -3.41. The van der Waals surface area contributed by atoms with Gasteiger partial charge in [0.15, 0.2) is 11.6 Å². The molecule has 132 valence electrons. The van der Waals surface area contributed by atoms with E-state index in [2.05, 4.69) is 20.8 Å². The van der Waals surface area contributed by atoms with Crippen LogP contribution in [0.3, 0.4) is 0 Å². The quantitative estimate of drug-likeness (QED) is 0.734. The van der Waals surface area contributed by atoms with Crippen LogP contribution in [0.2, 0.25) is 0 Å². The van der Waals surface area contributed by atoms with Gasteiger partial charge in [0.05, 0.1) is 0 Å². The number of hydrogen-bond acceptors (Lipinski definition) is 5. The highest BCUT2D eigenvalue weighted by Gasteiger charge is 2.07. The monoisotopic (exact) mass is 347 g/mol. The van der Waals surface area contributed by atoms with Crippen molar-refractivity contribution in [2.24, 2.45) is 0 Å². The van der Waals surface area contributed by atoms with Gasteiger partial charge in [0.2, 0.25) is 0 Å². The van der Waals surface area contributed by atoms with E-state index in [1.165, 1.54) is 0 Å². The van der Waals surface area contributed by atoms with E-state index in [1.54, 1.807) is 24.3 Å². The molecule has 1 aromatic heterocycles. The van der Waals surface area contributed by atoms with Gasteiger partial charge in [-0.25, -0.2) is 0 Å². The van der Waals surface area contributed by atoms with Crippen molar-refractivity contribution in [2.45, 2.75) is 6.92 Å². The van der Waals surface area contributed by atoms with Crippen LogP contribution in [-0.2, 0) is 0 Å². The second kappa shape index (κ2) is 7.65. The van der Waals surface area contributed by atoms with E-state index in [0.717, 1.165) is 16.9 Å². The van der Waals surface area contributed by atoms with Gasteiger partial charge in [-0.2, -0.15) is 0 Å². The Kier molecular flexibility index (Phi) is 5.12. The predicted octanol–water partition coefficient (Wildman–Crippen LogP) is 3.85. The van der Waals surface area contributed by atoms with E-state index in [9.17, 15) is 4.79 Å². The minimum Gasteiger partial charge on any atom is -0.378 e. The highest BCUT2D eigenvalue weighted by atomic mass is 16.1. The van der Waals surface area contributed by atoms with Gasteiger partial charge in [-0.3, -0.25) is 4.79 Å². The number of benzene rings is 2. The molecule has 0 aliphatic rings. The zero-order valence-electron chi connectivity index (χ0n) is 15.0. The first kappa shape index (κ1) is 17.4. The predicted molar refractivity (Wildman–Crippen MR) is 105 cm³/mol. The lowest BCUT2D eigenvalue weighted by molar-refractivity contribution is 0.102. The molecule has 0 saturated carbocycles. The van der Waals surface area contributed by atoms with Crippen LogP contribution in [0, 0.1) is 6.92 Å². The summed E-state index contributed by atoms with van der Waals surface area (Å²) in [5.41, 5.74) is 3.73.